The Morgan fingerprint density at radius 3 is 1.81 bits per heavy atom. The molecule has 0 fully saturated rings. The third kappa shape index (κ3) is 11.5. The lowest BCUT2D eigenvalue weighted by atomic mass is 10.1. The van der Waals surface area contributed by atoms with E-state index in [1.54, 1.807) is 12.5 Å². The van der Waals surface area contributed by atoms with Gasteiger partial charge >= 0.3 is 5.97 Å². The summed E-state index contributed by atoms with van der Waals surface area (Å²) in [6.07, 6.45) is 2.17. The van der Waals surface area contributed by atoms with E-state index in [0.29, 0.717) is 11.5 Å². The second-order valence-electron chi connectivity index (χ2n) is 7.03. The van der Waals surface area contributed by atoms with E-state index in [-0.39, 0.29) is 12.8 Å². The van der Waals surface area contributed by atoms with E-state index in [4.69, 9.17) is 11.5 Å². The van der Waals surface area contributed by atoms with E-state index in [1.807, 2.05) is 0 Å². The largest absolute Gasteiger partial charge is 0.480 e. The van der Waals surface area contributed by atoms with Crippen LogP contribution < -0.4 is 27.4 Å². The van der Waals surface area contributed by atoms with Crippen molar-refractivity contribution in [3.8, 4) is 0 Å². The van der Waals surface area contributed by atoms with Gasteiger partial charge in [-0.15, -0.1) is 0 Å². The minimum atomic E-state index is -1.45. The quantitative estimate of drug-likeness (QED) is 0.121. The number of nitrogens with one attached hydrogen (secondary N) is 3. The normalized spacial score (nSPS) is 15.5. The highest BCUT2D eigenvalue weighted by Crippen LogP contribution is 2.06. The first kappa shape index (κ1) is 30.0. The van der Waals surface area contributed by atoms with Crippen LogP contribution in [0.5, 0.6) is 0 Å². The maximum absolute atomic E-state index is 12.8. The number of aliphatic hydroxyl groups excluding tert-OH is 1. The number of nitrogens with two attached hydrogens (primary N) is 2. The molecule has 0 bridgehead atoms. The van der Waals surface area contributed by atoms with Crippen LogP contribution in [0.3, 0.4) is 0 Å². The summed E-state index contributed by atoms with van der Waals surface area (Å²) in [6, 6.07) is -4.99. The highest BCUT2D eigenvalue weighted by Gasteiger charge is 2.32. The molecule has 32 heavy (non-hydrogen) atoms. The highest BCUT2D eigenvalue weighted by molar-refractivity contribution is 7.98. The van der Waals surface area contributed by atoms with Crippen molar-refractivity contribution < 1.29 is 34.2 Å². The second kappa shape index (κ2) is 15.7. The van der Waals surface area contributed by atoms with E-state index in [1.165, 1.54) is 30.4 Å². The van der Waals surface area contributed by atoms with Crippen LogP contribution in [-0.4, -0.2) is 94.1 Å². The van der Waals surface area contributed by atoms with E-state index in [9.17, 15) is 34.2 Å². The zero-order chi connectivity index (χ0) is 24.8. The number of primary amides is 1. The van der Waals surface area contributed by atoms with Gasteiger partial charge in [-0.2, -0.15) is 23.5 Å². The predicted octanol–water partition coefficient (Wildman–Crippen LogP) is -2.38. The molecule has 9 N–H and O–H groups in total. The number of carboxylic acids is 1. The molecule has 5 atom stereocenters. The minimum absolute atomic E-state index is 0.160. The molecule has 0 aromatic carbocycles. The topological polar surface area (TPSA) is 214 Å². The first-order chi connectivity index (χ1) is 14.9. The lowest BCUT2D eigenvalue weighted by Crippen LogP contribution is -2.60. The van der Waals surface area contributed by atoms with Gasteiger partial charge in [0.15, 0.2) is 0 Å². The maximum atomic E-state index is 12.8. The van der Waals surface area contributed by atoms with Crippen LogP contribution in [0.4, 0.5) is 0 Å². The van der Waals surface area contributed by atoms with Gasteiger partial charge in [0, 0.05) is 0 Å². The Morgan fingerprint density at radius 2 is 1.38 bits per heavy atom. The van der Waals surface area contributed by atoms with Crippen molar-refractivity contribution in [2.45, 2.75) is 56.5 Å². The summed E-state index contributed by atoms with van der Waals surface area (Å²) >= 11 is 2.82. The molecule has 0 heterocycles. The molecule has 0 rings (SSSR count). The second-order valence-corrected chi connectivity index (χ2v) is 9.00. The van der Waals surface area contributed by atoms with Crippen molar-refractivity contribution in [2.24, 2.45) is 11.5 Å². The summed E-state index contributed by atoms with van der Waals surface area (Å²) in [7, 11) is 0. The molecular weight excluding hydrogens is 462 g/mol. The molecule has 14 heteroatoms. The number of rotatable bonds is 16. The standard InChI is InChI=1S/C18H33N5O7S2/c1-9(24)14(17(28)22-12(18(29)30)5-7-32-3)23-16(27)11(4-6-31-2)21-15(26)10(19)8-13(20)25/h9-12,14,24H,4-8,19H2,1-3H3,(H2,20,25)(H,21,26)(H,22,28)(H,23,27)(H,29,30). The predicted molar refractivity (Wildman–Crippen MR) is 123 cm³/mol. The summed E-state index contributed by atoms with van der Waals surface area (Å²) in [4.78, 5) is 59.9. The van der Waals surface area contributed by atoms with Crippen molar-refractivity contribution in [3.05, 3.63) is 0 Å². The summed E-state index contributed by atoms with van der Waals surface area (Å²) in [5.74, 6) is -3.47. The number of aliphatic hydroxyl groups is 1. The zero-order valence-corrected chi connectivity index (χ0v) is 20.0. The van der Waals surface area contributed by atoms with Crippen molar-refractivity contribution in [1.82, 2.24) is 16.0 Å². The van der Waals surface area contributed by atoms with E-state index < -0.39 is 66.3 Å². The zero-order valence-electron chi connectivity index (χ0n) is 18.3. The average Bonchev–Trinajstić information content (AvgIpc) is 2.70. The molecule has 4 amide bonds. The number of carbonyl (C=O) groups is 5. The SMILES string of the molecule is CSCCC(NC(=O)C(NC(=O)C(CCSC)NC(=O)C(N)CC(N)=O)C(C)O)C(=O)O. The molecule has 0 aromatic rings. The molecule has 0 saturated carbocycles. The molecule has 5 unspecified atom stereocenters. The number of aliphatic carboxylic acids is 1. The lowest BCUT2D eigenvalue weighted by Gasteiger charge is -2.26. The Balaban J connectivity index is 5.34. The average molecular weight is 496 g/mol. The van der Waals surface area contributed by atoms with Crippen LogP contribution in [0.15, 0.2) is 0 Å². The Hall–Kier alpha value is -2.03. The fraction of sp³-hybridized carbons (Fsp3) is 0.722. The Kier molecular flexibility index (Phi) is 14.7. The fourth-order valence-electron chi connectivity index (χ4n) is 2.51. The van der Waals surface area contributed by atoms with Crippen LogP contribution in [0, 0.1) is 0 Å². The van der Waals surface area contributed by atoms with Crippen LogP contribution in [0.1, 0.15) is 26.2 Å². The molecule has 0 spiro atoms. The monoisotopic (exact) mass is 495 g/mol. The van der Waals surface area contributed by atoms with Crippen LogP contribution in [0.25, 0.3) is 0 Å². The lowest BCUT2D eigenvalue weighted by molar-refractivity contribution is -0.143. The number of carbonyl (C=O) groups excluding carboxylic acids is 4. The van der Waals surface area contributed by atoms with Crippen molar-refractivity contribution in [2.75, 3.05) is 24.0 Å². The van der Waals surface area contributed by atoms with E-state index in [2.05, 4.69) is 16.0 Å². The first-order valence-corrected chi connectivity index (χ1v) is 12.6. The van der Waals surface area contributed by atoms with Gasteiger partial charge < -0.3 is 37.6 Å². The summed E-state index contributed by atoms with van der Waals surface area (Å²) in [5, 5.41) is 26.4. The van der Waals surface area contributed by atoms with Gasteiger partial charge in [0.25, 0.3) is 0 Å². The van der Waals surface area contributed by atoms with E-state index in [0.717, 1.165) is 0 Å². The molecule has 0 aromatic heterocycles. The summed E-state index contributed by atoms with van der Waals surface area (Å²) in [6.45, 7) is 1.26. The Labute approximate surface area is 195 Å². The number of hydrogen-bond donors (Lipinski definition) is 7. The molecule has 184 valence electrons. The van der Waals surface area contributed by atoms with Gasteiger partial charge in [-0.05, 0) is 43.8 Å². The molecule has 12 nitrogen and oxygen atoms in total. The third-order valence-corrected chi connectivity index (χ3v) is 5.58. The van der Waals surface area contributed by atoms with Crippen LogP contribution in [0.2, 0.25) is 0 Å². The van der Waals surface area contributed by atoms with Gasteiger partial charge in [-0.3, -0.25) is 19.2 Å². The molecular formula is C18H33N5O7S2. The highest BCUT2D eigenvalue weighted by atomic mass is 32.2. The van der Waals surface area contributed by atoms with Gasteiger partial charge in [0.05, 0.1) is 18.6 Å². The first-order valence-electron chi connectivity index (χ1n) is 9.78. The van der Waals surface area contributed by atoms with Gasteiger partial charge in [-0.1, -0.05) is 0 Å². The third-order valence-electron chi connectivity index (χ3n) is 4.29. The number of hydrogen-bond acceptors (Lipinski definition) is 9. The number of carboxylic acid groups (broad SMARTS) is 1. The Morgan fingerprint density at radius 1 is 0.875 bits per heavy atom. The minimum Gasteiger partial charge on any atom is -0.480 e. The summed E-state index contributed by atoms with van der Waals surface area (Å²) in [5.41, 5.74) is 10.6. The van der Waals surface area contributed by atoms with Gasteiger partial charge in [-0.25, -0.2) is 4.79 Å². The molecule has 0 aliphatic rings. The van der Waals surface area contributed by atoms with Crippen LogP contribution >= 0.6 is 23.5 Å². The summed E-state index contributed by atoms with van der Waals surface area (Å²) < 4.78 is 0. The van der Waals surface area contributed by atoms with Gasteiger partial charge in [0.1, 0.15) is 18.1 Å². The molecule has 0 aliphatic carbocycles. The number of amides is 4. The van der Waals surface area contributed by atoms with Crippen molar-refractivity contribution in [1.29, 1.82) is 0 Å². The van der Waals surface area contributed by atoms with Crippen LogP contribution in [-0.2, 0) is 24.0 Å². The Bertz CT molecular complexity index is 666. The fourth-order valence-corrected chi connectivity index (χ4v) is 3.45. The van der Waals surface area contributed by atoms with Gasteiger partial charge in [0.2, 0.25) is 23.6 Å². The van der Waals surface area contributed by atoms with E-state index >= 15 is 0 Å². The molecule has 0 radical (unpaired) electrons. The van der Waals surface area contributed by atoms with Crippen molar-refractivity contribution in [3.63, 3.8) is 0 Å². The molecule has 0 saturated heterocycles. The smallest absolute Gasteiger partial charge is 0.326 e. The molecule has 0 aliphatic heterocycles. The number of thioether (sulfide) groups is 2. The van der Waals surface area contributed by atoms with Crippen molar-refractivity contribution >= 4 is 53.1 Å². The maximum Gasteiger partial charge on any atom is 0.326 e.